The fourth-order valence-corrected chi connectivity index (χ4v) is 2.50. The van der Waals surface area contributed by atoms with E-state index in [0.29, 0.717) is 23.3 Å². The summed E-state index contributed by atoms with van der Waals surface area (Å²) in [7, 11) is 0. The normalized spacial score (nSPS) is 11.8. The molecule has 128 valence electrons. The van der Waals surface area contributed by atoms with Gasteiger partial charge in [-0.05, 0) is 49.2 Å². The first-order valence-corrected chi connectivity index (χ1v) is 8.40. The van der Waals surface area contributed by atoms with Gasteiger partial charge in [-0.15, -0.1) is 0 Å². The van der Waals surface area contributed by atoms with Crippen LogP contribution < -0.4 is 16.4 Å². The summed E-state index contributed by atoms with van der Waals surface area (Å²) in [5.41, 5.74) is 8.19. The molecule has 24 heavy (non-hydrogen) atoms. The van der Waals surface area contributed by atoms with Gasteiger partial charge in [-0.2, -0.15) is 5.10 Å². The van der Waals surface area contributed by atoms with E-state index < -0.39 is 5.91 Å². The minimum atomic E-state index is -0.592. The van der Waals surface area contributed by atoms with E-state index in [9.17, 15) is 4.79 Å². The van der Waals surface area contributed by atoms with Crippen LogP contribution in [-0.4, -0.2) is 20.8 Å². The number of amides is 1. The Morgan fingerprint density at radius 1 is 1.29 bits per heavy atom. The highest BCUT2D eigenvalue weighted by atomic mass is 32.1. The number of carbonyl (C=O) groups is 1. The molecule has 1 amide bonds. The molecule has 6 nitrogen and oxygen atoms in total. The molecule has 1 unspecified atom stereocenters. The van der Waals surface area contributed by atoms with Crippen molar-refractivity contribution in [3.05, 3.63) is 41.7 Å². The van der Waals surface area contributed by atoms with E-state index in [1.54, 1.807) is 10.9 Å². The van der Waals surface area contributed by atoms with Crippen LogP contribution in [0.15, 0.2) is 30.5 Å². The summed E-state index contributed by atoms with van der Waals surface area (Å²) in [6.45, 7) is 6.93. The third-order valence-corrected chi connectivity index (χ3v) is 4.12. The van der Waals surface area contributed by atoms with Gasteiger partial charge in [0.05, 0.1) is 5.69 Å². The van der Waals surface area contributed by atoms with E-state index in [-0.39, 0.29) is 5.69 Å². The molecular weight excluding hydrogens is 322 g/mol. The lowest BCUT2D eigenvalue weighted by Crippen LogP contribution is -2.21. The van der Waals surface area contributed by atoms with Crippen molar-refractivity contribution in [1.82, 2.24) is 9.78 Å². The van der Waals surface area contributed by atoms with Crippen LogP contribution in [-0.2, 0) is 6.54 Å². The lowest BCUT2D eigenvalue weighted by atomic mass is 9.99. The largest absolute Gasteiger partial charge is 0.364 e. The summed E-state index contributed by atoms with van der Waals surface area (Å²) >= 11 is 5.31. The number of primary amides is 1. The van der Waals surface area contributed by atoms with Crippen LogP contribution >= 0.6 is 12.2 Å². The van der Waals surface area contributed by atoms with Crippen molar-refractivity contribution in [1.29, 1.82) is 0 Å². The quantitative estimate of drug-likeness (QED) is 0.699. The number of aromatic nitrogens is 2. The summed E-state index contributed by atoms with van der Waals surface area (Å²) in [4.78, 5) is 11.5. The van der Waals surface area contributed by atoms with Gasteiger partial charge in [-0.1, -0.05) is 26.0 Å². The number of rotatable bonds is 6. The van der Waals surface area contributed by atoms with Crippen molar-refractivity contribution in [2.75, 3.05) is 10.6 Å². The van der Waals surface area contributed by atoms with Crippen molar-refractivity contribution < 1.29 is 4.79 Å². The zero-order valence-corrected chi connectivity index (χ0v) is 15.0. The van der Waals surface area contributed by atoms with Crippen LogP contribution in [0.4, 0.5) is 11.4 Å². The maximum absolute atomic E-state index is 11.5. The molecule has 1 atom stereocenters. The second-order valence-electron chi connectivity index (χ2n) is 5.62. The summed E-state index contributed by atoms with van der Waals surface area (Å²) in [5.74, 6) is -0.0625. The Labute approximate surface area is 147 Å². The molecule has 0 fully saturated rings. The Morgan fingerprint density at radius 2 is 1.96 bits per heavy atom. The van der Waals surface area contributed by atoms with Gasteiger partial charge in [0.15, 0.2) is 10.8 Å². The average molecular weight is 345 g/mol. The van der Waals surface area contributed by atoms with E-state index in [0.717, 1.165) is 12.1 Å². The van der Waals surface area contributed by atoms with Gasteiger partial charge in [0.25, 0.3) is 5.91 Å². The van der Waals surface area contributed by atoms with Crippen molar-refractivity contribution in [3.8, 4) is 0 Å². The highest BCUT2D eigenvalue weighted by molar-refractivity contribution is 7.80. The van der Waals surface area contributed by atoms with Crippen LogP contribution in [0.5, 0.6) is 0 Å². The molecule has 1 aromatic carbocycles. The van der Waals surface area contributed by atoms with Gasteiger partial charge < -0.3 is 16.4 Å². The van der Waals surface area contributed by atoms with Gasteiger partial charge in [0, 0.05) is 18.4 Å². The first-order chi connectivity index (χ1) is 11.4. The number of anilines is 2. The van der Waals surface area contributed by atoms with E-state index >= 15 is 0 Å². The molecule has 0 spiro atoms. The first kappa shape index (κ1) is 17.9. The Bertz CT molecular complexity index is 723. The van der Waals surface area contributed by atoms with Gasteiger partial charge in [0.2, 0.25) is 0 Å². The third kappa shape index (κ3) is 4.32. The number of thiocarbonyl (C=S) groups is 1. The minimum Gasteiger partial charge on any atom is -0.364 e. The summed E-state index contributed by atoms with van der Waals surface area (Å²) < 4.78 is 1.63. The van der Waals surface area contributed by atoms with E-state index in [1.165, 1.54) is 5.56 Å². The standard InChI is InChI=1S/C17H23N5OS/c1-4-11(3)12-6-8-13(9-7-12)19-17(24)20-14-10-22(5-2)21-15(14)16(18)23/h6-11H,4-5H2,1-3H3,(H2,18,23)(H2,19,20,24). The molecule has 0 radical (unpaired) electrons. The molecule has 4 N–H and O–H groups in total. The molecule has 1 heterocycles. The summed E-state index contributed by atoms with van der Waals surface area (Å²) in [6, 6.07) is 8.14. The monoisotopic (exact) mass is 345 g/mol. The van der Waals surface area contributed by atoms with Gasteiger partial charge >= 0.3 is 0 Å². The molecule has 0 aliphatic heterocycles. The number of nitrogens with two attached hydrogens (primary N) is 1. The first-order valence-electron chi connectivity index (χ1n) is 7.99. The molecule has 0 bridgehead atoms. The average Bonchev–Trinajstić information content (AvgIpc) is 2.97. The van der Waals surface area contributed by atoms with Crippen LogP contribution in [0.2, 0.25) is 0 Å². The number of hydrogen-bond acceptors (Lipinski definition) is 3. The Morgan fingerprint density at radius 3 is 2.50 bits per heavy atom. The zero-order chi connectivity index (χ0) is 17.7. The van der Waals surface area contributed by atoms with Crippen molar-refractivity contribution in [2.24, 2.45) is 5.73 Å². The maximum atomic E-state index is 11.5. The maximum Gasteiger partial charge on any atom is 0.271 e. The fourth-order valence-electron chi connectivity index (χ4n) is 2.27. The number of carbonyl (C=O) groups excluding carboxylic acids is 1. The third-order valence-electron chi connectivity index (χ3n) is 3.92. The number of nitrogens with zero attached hydrogens (tertiary/aromatic N) is 2. The fraction of sp³-hybridized carbons (Fsp3) is 0.353. The number of hydrogen-bond donors (Lipinski definition) is 3. The highest BCUT2D eigenvalue weighted by Gasteiger charge is 2.14. The number of aryl methyl sites for hydroxylation is 1. The highest BCUT2D eigenvalue weighted by Crippen LogP contribution is 2.21. The second kappa shape index (κ2) is 7.92. The predicted molar refractivity (Wildman–Crippen MR) is 101 cm³/mol. The second-order valence-corrected chi connectivity index (χ2v) is 6.03. The molecular formula is C17H23N5OS. The van der Waals surface area contributed by atoms with Crippen LogP contribution in [0.25, 0.3) is 0 Å². The van der Waals surface area contributed by atoms with Crippen molar-refractivity contribution in [2.45, 2.75) is 39.7 Å². The van der Waals surface area contributed by atoms with Gasteiger partial charge in [-0.25, -0.2) is 0 Å². The smallest absolute Gasteiger partial charge is 0.271 e. The van der Waals surface area contributed by atoms with Crippen LogP contribution in [0, 0.1) is 0 Å². The molecule has 2 aromatic rings. The van der Waals surface area contributed by atoms with Gasteiger partial charge in [0.1, 0.15) is 0 Å². The summed E-state index contributed by atoms with van der Waals surface area (Å²) in [5, 5.41) is 10.6. The van der Waals surface area contributed by atoms with E-state index in [2.05, 4.69) is 41.7 Å². The molecule has 2 rings (SSSR count). The van der Waals surface area contributed by atoms with E-state index in [1.807, 2.05) is 19.1 Å². The zero-order valence-electron chi connectivity index (χ0n) is 14.2. The molecule has 0 aliphatic carbocycles. The molecule has 1 aromatic heterocycles. The Balaban J connectivity index is 2.06. The molecule has 0 saturated carbocycles. The van der Waals surface area contributed by atoms with Gasteiger partial charge in [-0.3, -0.25) is 9.48 Å². The molecule has 7 heteroatoms. The van der Waals surface area contributed by atoms with E-state index in [4.69, 9.17) is 18.0 Å². The number of nitrogens with one attached hydrogen (secondary N) is 2. The topological polar surface area (TPSA) is 85.0 Å². The number of benzene rings is 1. The minimum absolute atomic E-state index is 0.174. The molecule has 0 saturated heterocycles. The summed E-state index contributed by atoms with van der Waals surface area (Å²) in [6.07, 6.45) is 2.81. The van der Waals surface area contributed by atoms with Crippen LogP contribution in [0.1, 0.15) is 49.2 Å². The lowest BCUT2D eigenvalue weighted by Gasteiger charge is -2.12. The Hall–Kier alpha value is -2.41. The van der Waals surface area contributed by atoms with Crippen molar-refractivity contribution >= 4 is 34.6 Å². The lowest BCUT2D eigenvalue weighted by molar-refractivity contribution is 0.0995. The predicted octanol–water partition coefficient (Wildman–Crippen LogP) is 3.32. The SMILES string of the molecule is CCC(C)c1ccc(NC(=S)Nc2cn(CC)nc2C(N)=O)cc1. The Kier molecular flexibility index (Phi) is 5.92. The molecule has 0 aliphatic rings. The van der Waals surface area contributed by atoms with Crippen molar-refractivity contribution in [3.63, 3.8) is 0 Å². The van der Waals surface area contributed by atoms with Crippen LogP contribution in [0.3, 0.4) is 0 Å².